The van der Waals surface area contributed by atoms with E-state index in [1.807, 2.05) is 4.52 Å². The number of hydrogen-bond acceptors (Lipinski definition) is 5. The molecule has 1 fully saturated rings. The third-order valence-electron chi connectivity index (χ3n) is 3.57. The molecule has 0 amide bonds. The number of piperidine rings is 1. The molecule has 6 heteroatoms. The van der Waals surface area contributed by atoms with Crippen molar-refractivity contribution in [1.82, 2.24) is 25.1 Å². The standard InChI is InChI=1S/C13H21N5S/c1-13(2,3)11-15-16-12-18(11)17-10(19-12)7-9-5-4-6-14-8-9/h9,14H,4-8H2,1-3H3. The molecule has 0 aromatic carbocycles. The first-order chi connectivity index (χ1) is 9.04. The van der Waals surface area contributed by atoms with Gasteiger partial charge in [0.25, 0.3) is 0 Å². The lowest BCUT2D eigenvalue weighted by Gasteiger charge is -2.21. The van der Waals surface area contributed by atoms with E-state index in [0.29, 0.717) is 0 Å². The fraction of sp³-hybridized carbons (Fsp3) is 0.769. The summed E-state index contributed by atoms with van der Waals surface area (Å²) in [6, 6.07) is 0. The minimum absolute atomic E-state index is 0.0167. The molecule has 5 nitrogen and oxygen atoms in total. The van der Waals surface area contributed by atoms with Gasteiger partial charge in [0.15, 0.2) is 5.82 Å². The lowest BCUT2D eigenvalue weighted by Crippen LogP contribution is -2.30. The van der Waals surface area contributed by atoms with E-state index in [2.05, 4.69) is 36.3 Å². The van der Waals surface area contributed by atoms with Crippen LogP contribution in [0, 0.1) is 5.92 Å². The SMILES string of the molecule is CC(C)(C)c1nnc2sc(CC3CCCNC3)nn12. The smallest absolute Gasteiger partial charge is 0.234 e. The quantitative estimate of drug-likeness (QED) is 0.914. The Morgan fingerprint density at radius 3 is 2.89 bits per heavy atom. The summed E-state index contributed by atoms with van der Waals surface area (Å²) in [7, 11) is 0. The van der Waals surface area contributed by atoms with E-state index in [-0.39, 0.29) is 5.41 Å². The van der Waals surface area contributed by atoms with Crippen LogP contribution in [0.2, 0.25) is 0 Å². The molecule has 1 aliphatic heterocycles. The molecular weight excluding hydrogens is 258 g/mol. The fourth-order valence-corrected chi connectivity index (χ4v) is 3.50. The highest BCUT2D eigenvalue weighted by Crippen LogP contribution is 2.25. The Kier molecular flexibility index (Phi) is 3.30. The van der Waals surface area contributed by atoms with Gasteiger partial charge in [0.1, 0.15) is 5.01 Å². The number of hydrogen-bond donors (Lipinski definition) is 1. The summed E-state index contributed by atoms with van der Waals surface area (Å²) in [5, 5.41) is 17.9. The molecule has 0 spiro atoms. The van der Waals surface area contributed by atoms with Crippen molar-refractivity contribution in [2.75, 3.05) is 13.1 Å². The Balaban J connectivity index is 1.83. The summed E-state index contributed by atoms with van der Waals surface area (Å²) in [6.45, 7) is 8.72. The van der Waals surface area contributed by atoms with Crippen LogP contribution in [0.4, 0.5) is 0 Å². The van der Waals surface area contributed by atoms with Crippen LogP contribution in [0.5, 0.6) is 0 Å². The molecule has 3 heterocycles. The van der Waals surface area contributed by atoms with Crippen molar-refractivity contribution in [2.24, 2.45) is 5.92 Å². The predicted molar refractivity (Wildman–Crippen MR) is 76.7 cm³/mol. The first-order valence-electron chi connectivity index (χ1n) is 6.96. The number of fused-ring (bicyclic) bond motifs is 1. The maximum atomic E-state index is 4.72. The summed E-state index contributed by atoms with van der Waals surface area (Å²) in [6.07, 6.45) is 3.64. The molecular formula is C13H21N5S. The third-order valence-corrected chi connectivity index (χ3v) is 4.49. The van der Waals surface area contributed by atoms with Crippen LogP contribution >= 0.6 is 11.3 Å². The van der Waals surface area contributed by atoms with Crippen molar-refractivity contribution in [3.63, 3.8) is 0 Å². The van der Waals surface area contributed by atoms with Gasteiger partial charge >= 0.3 is 0 Å². The van der Waals surface area contributed by atoms with E-state index in [1.54, 1.807) is 11.3 Å². The van der Waals surface area contributed by atoms with Gasteiger partial charge in [-0.25, -0.2) is 0 Å². The fourth-order valence-electron chi connectivity index (χ4n) is 2.55. The van der Waals surface area contributed by atoms with Crippen molar-refractivity contribution in [3.05, 3.63) is 10.8 Å². The topological polar surface area (TPSA) is 55.1 Å². The molecule has 1 atom stereocenters. The highest BCUT2D eigenvalue weighted by atomic mass is 32.1. The van der Waals surface area contributed by atoms with E-state index in [0.717, 1.165) is 36.2 Å². The van der Waals surface area contributed by atoms with Crippen LogP contribution in [0.15, 0.2) is 0 Å². The third kappa shape index (κ3) is 2.65. The van der Waals surface area contributed by atoms with E-state index in [9.17, 15) is 0 Å². The van der Waals surface area contributed by atoms with Crippen molar-refractivity contribution in [3.8, 4) is 0 Å². The summed E-state index contributed by atoms with van der Waals surface area (Å²) in [4.78, 5) is 0.920. The largest absolute Gasteiger partial charge is 0.316 e. The van der Waals surface area contributed by atoms with Crippen LogP contribution in [0.3, 0.4) is 0 Å². The second-order valence-corrected chi connectivity index (χ2v) is 7.42. The molecule has 0 bridgehead atoms. The normalized spacial score (nSPS) is 21.1. The maximum absolute atomic E-state index is 4.72. The van der Waals surface area contributed by atoms with Crippen molar-refractivity contribution < 1.29 is 0 Å². The molecule has 2 aromatic heterocycles. The number of aromatic nitrogens is 4. The molecule has 0 radical (unpaired) electrons. The van der Waals surface area contributed by atoms with Gasteiger partial charge in [-0.3, -0.25) is 0 Å². The highest BCUT2D eigenvalue weighted by molar-refractivity contribution is 7.16. The van der Waals surface area contributed by atoms with Crippen molar-refractivity contribution >= 4 is 16.3 Å². The predicted octanol–water partition coefficient (Wildman–Crippen LogP) is 2.03. The molecule has 1 unspecified atom stereocenters. The monoisotopic (exact) mass is 279 g/mol. The Morgan fingerprint density at radius 2 is 2.21 bits per heavy atom. The minimum Gasteiger partial charge on any atom is -0.316 e. The number of nitrogens with zero attached hydrogens (tertiary/aromatic N) is 4. The maximum Gasteiger partial charge on any atom is 0.234 e. The van der Waals surface area contributed by atoms with Crippen LogP contribution < -0.4 is 5.32 Å². The molecule has 0 saturated carbocycles. The van der Waals surface area contributed by atoms with Gasteiger partial charge < -0.3 is 5.32 Å². The van der Waals surface area contributed by atoms with Crippen molar-refractivity contribution in [1.29, 1.82) is 0 Å². The van der Waals surface area contributed by atoms with Crippen molar-refractivity contribution in [2.45, 2.75) is 45.4 Å². The number of rotatable bonds is 2. The molecule has 19 heavy (non-hydrogen) atoms. The van der Waals surface area contributed by atoms with Crippen LogP contribution in [-0.4, -0.2) is 32.9 Å². The van der Waals surface area contributed by atoms with E-state index in [1.165, 1.54) is 17.8 Å². The van der Waals surface area contributed by atoms with Gasteiger partial charge in [0.2, 0.25) is 4.96 Å². The Labute approximate surface area is 117 Å². The average Bonchev–Trinajstić information content (AvgIpc) is 2.88. The lowest BCUT2D eigenvalue weighted by molar-refractivity contribution is 0.374. The summed E-state index contributed by atoms with van der Waals surface area (Å²) in [5.41, 5.74) is -0.0167. The molecule has 0 aliphatic carbocycles. The molecule has 3 rings (SSSR count). The zero-order valence-corrected chi connectivity index (χ0v) is 12.6. The van der Waals surface area contributed by atoms with Crippen LogP contribution in [0.25, 0.3) is 4.96 Å². The Hall–Kier alpha value is -1.01. The van der Waals surface area contributed by atoms with Gasteiger partial charge in [-0.1, -0.05) is 32.1 Å². The van der Waals surface area contributed by atoms with Crippen LogP contribution in [0.1, 0.15) is 44.4 Å². The molecule has 2 aromatic rings. The molecule has 1 saturated heterocycles. The summed E-state index contributed by atoms with van der Waals surface area (Å²) < 4.78 is 1.93. The van der Waals surface area contributed by atoms with E-state index in [4.69, 9.17) is 5.10 Å². The zero-order valence-electron chi connectivity index (χ0n) is 11.8. The molecule has 104 valence electrons. The van der Waals surface area contributed by atoms with E-state index < -0.39 is 0 Å². The average molecular weight is 279 g/mol. The summed E-state index contributed by atoms with van der Waals surface area (Å²) in [5.74, 6) is 1.67. The van der Waals surface area contributed by atoms with E-state index >= 15 is 0 Å². The Bertz CT molecular complexity index is 559. The summed E-state index contributed by atoms with van der Waals surface area (Å²) >= 11 is 1.68. The first-order valence-corrected chi connectivity index (χ1v) is 7.78. The first kappa shape index (κ1) is 13.0. The second kappa shape index (κ2) is 4.83. The van der Waals surface area contributed by atoms with Gasteiger partial charge in [-0.2, -0.15) is 9.61 Å². The lowest BCUT2D eigenvalue weighted by atomic mass is 9.96. The molecule has 1 aliphatic rings. The van der Waals surface area contributed by atoms with Crippen LogP contribution in [-0.2, 0) is 11.8 Å². The minimum atomic E-state index is -0.0167. The van der Waals surface area contributed by atoms with Gasteiger partial charge in [-0.05, 0) is 31.8 Å². The zero-order chi connectivity index (χ0) is 13.5. The van der Waals surface area contributed by atoms with Gasteiger partial charge in [0, 0.05) is 11.8 Å². The van der Waals surface area contributed by atoms with Gasteiger partial charge in [0.05, 0.1) is 0 Å². The highest BCUT2D eigenvalue weighted by Gasteiger charge is 2.24. The number of nitrogens with one attached hydrogen (secondary N) is 1. The van der Waals surface area contributed by atoms with Gasteiger partial charge in [-0.15, -0.1) is 10.2 Å². The Morgan fingerprint density at radius 1 is 1.37 bits per heavy atom. The second-order valence-electron chi connectivity index (χ2n) is 6.38. The molecule has 1 N–H and O–H groups in total.